The number of rotatable bonds is 9. The van der Waals surface area contributed by atoms with E-state index in [1.165, 1.54) is 34.7 Å². The van der Waals surface area contributed by atoms with Gasteiger partial charge in [-0.2, -0.15) is 42.9 Å². The Balaban J connectivity index is 1.91. The van der Waals surface area contributed by atoms with Crippen LogP contribution in [-0.2, 0) is 30.7 Å². The maximum Gasteiger partial charge on any atom is 0.573 e. The number of hydrogen-bond acceptors (Lipinski definition) is 7. The first-order valence-electron chi connectivity index (χ1n) is 13.4. The fourth-order valence-electron chi connectivity index (χ4n) is 5.21. The number of hydrogen-bond donors (Lipinski definition) is 0. The molecule has 0 bridgehead atoms. The first-order valence-corrected chi connectivity index (χ1v) is 14.8. The van der Waals surface area contributed by atoms with Crippen molar-refractivity contribution < 1.29 is 49.0 Å². The zero-order chi connectivity index (χ0) is 33.3. The number of fused-ring (bicyclic) bond motifs is 1. The highest BCUT2D eigenvalue weighted by molar-refractivity contribution is 7.98. The molecule has 0 radical (unpaired) electrons. The molecule has 2 heterocycles. The summed E-state index contributed by atoms with van der Waals surface area (Å²) in [5.74, 6) is -0.689. The van der Waals surface area contributed by atoms with E-state index in [-0.39, 0.29) is 42.0 Å². The number of amides is 1. The monoisotopic (exact) mass is 670 g/mol. The van der Waals surface area contributed by atoms with Crippen molar-refractivity contribution in [3.63, 3.8) is 0 Å². The molecule has 246 valence electrons. The van der Waals surface area contributed by atoms with E-state index in [9.17, 15) is 44.3 Å². The van der Waals surface area contributed by atoms with Gasteiger partial charge in [-0.3, -0.25) is 4.79 Å². The quantitative estimate of drug-likeness (QED) is 0.224. The van der Waals surface area contributed by atoms with Crippen LogP contribution in [0.2, 0.25) is 0 Å². The van der Waals surface area contributed by atoms with Crippen LogP contribution in [-0.4, -0.2) is 50.5 Å². The van der Waals surface area contributed by atoms with Gasteiger partial charge in [-0.05, 0) is 66.3 Å². The average Bonchev–Trinajstić information content (AvgIpc) is 3.37. The molecule has 45 heavy (non-hydrogen) atoms. The molecule has 0 saturated carbocycles. The number of benzene rings is 2. The fourth-order valence-corrected chi connectivity index (χ4v) is 5.59. The Kier molecular flexibility index (Phi) is 9.84. The molecule has 1 aliphatic heterocycles. The van der Waals surface area contributed by atoms with E-state index in [0.29, 0.717) is 24.3 Å². The Hall–Kier alpha value is -3.70. The van der Waals surface area contributed by atoms with Gasteiger partial charge in [0, 0.05) is 36.0 Å². The van der Waals surface area contributed by atoms with Crippen molar-refractivity contribution >= 4 is 29.3 Å². The third-order valence-corrected chi connectivity index (χ3v) is 7.72. The van der Waals surface area contributed by atoms with Crippen molar-refractivity contribution in [3.8, 4) is 5.75 Å². The van der Waals surface area contributed by atoms with Gasteiger partial charge in [0.2, 0.25) is 5.91 Å². The van der Waals surface area contributed by atoms with Crippen molar-refractivity contribution in [1.29, 1.82) is 0 Å². The SMILES string of the molecule is CCC1CC(N(Cc2cc(C(F)(F)F)cc(C(F)(F)F)c2)c2nnn(C)n2)c2cc(OC(F)(F)F)ccc2N1C(=O)CCSC. The predicted molar refractivity (Wildman–Crippen MR) is 146 cm³/mol. The molecule has 0 fully saturated rings. The molecule has 18 heteroatoms. The van der Waals surface area contributed by atoms with Gasteiger partial charge < -0.3 is 14.5 Å². The van der Waals surface area contributed by atoms with Crippen molar-refractivity contribution in [2.45, 2.75) is 63.5 Å². The third kappa shape index (κ3) is 8.12. The molecule has 4 rings (SSSR count). The summed E-state index contributed by atoms with van der Waals surface area (Å²) in [5.41, 5.74) is -3.18. The van der Waals surface area contributed by atoms with E-state index in [4.69, 9.17) is 0 Å². The first-order chi connectivity index (χ1) is 20.9. The second-order valence-electron chi connectivity index (χ2n) is 10.2. The molecule has 1 aromatic heterocycles. The number of carbonyl (C=O) groups excluding carboxylic acids is 1. The second-order valence-corrected chi connectivity index (χ2v) is 11.2. The summed E-state index contributed by atoms with van der Waals surface area (Å²) >= 11 is 1.42. The number of ether oxygens (including phenoxy) is 1. The van der Waals surface area contributed by atoms with Crippen LogP contribution in [0, 0.1) is 0 Å². The molecule has 0 spiro atoms. The second kappa shape index (κ2) is 13.0. The van der Waals surface area contributed by atoms with Crippen LogP contribution in [0.15, 0.2) is 36.4 Å². The summed E-state index contributed by atoms with van der Waals surface area (Å²) in [6.45, 7) is 1.15. The van der Waals surface area contributed by atoms with Gasteiger partial charge in [0.05, 0.1) is 24.2 Å². The van der Waals surface area contributed by atoms with Crippen LogP contribution < -0.4 is 14.5 Å². The summed E-state index contributed by atoms with van der Waals surface area (Å²) in [7, 11) is 1.38. The van der Waals surface area contributed by atoms with Crippen LogP contribution >= 0.6 is 11.8 Å². The van der Waals surface area contributed by atoms with Crippen LogP contribution in [0.1, 0.15) is 54.5 Å². The maximum atomic E-state index is 13.7. The third-order valence-electron chi connectivity index (χ3n) is 7.10. The summed E-state index contributed by atoms with van der Waals surface area (Å²) < 4.78 is 126. The Morgan fingerprint density at radius 2 is 1.67 bits per heavy atom. The molecule has 2 unspecified atom stereocenters. The molecular formula is C27H27F9N6O2S. The number of alkyl halides is 9. The van der Waals surface area contributed by atoms with E-state index in [1.54, 1.807) is 13.2 Å². The fraction of sp³-hybridized carbons (Fsp3) is 0.481. The van der Waals surface area contributed by atoms with Crippen molar-refractivity contribution in [2.75, 3.05) is 21.8 Å². The molecule has 0 N–H and O–H groups in total. The number of anilines is 2. The Morgan fingerprint density at radius 3 is 2.18 bits per heavy atom. The topological polar surface area (TPSA) is 76.4 Å². The van der Waals surface area contributed by atoms with Gasteiger partial charge in [-0.15, -0.1) is 18.3 Å². The molecule has 1 aliphatic rings. The minimum atomic E-state index is -5.11. The number of thioether (sulfide) groups is 1. The number of aryl methyl sites for hydroxylation is 1. The Morgan fingerprint density at radius 1 is 1.02 bits per heavy atom. The van der Waals surface area contributed by atoms with Crippen LogP contribution in [0.25, 0.3) is 0 Å². The van der Waals surface area contributed by atoms with E-state index in [2.05, 4.69) is 20.1 Å². The van der Waals surface area contributed by atoms with E-state index < -0.39 is 59.8 Å². The van der Waals surface area contributed by atoms with Gasteiger partial charge in [-0.25, -0.2) is 0 Å². The zero-order valence-corrected chi connectivity index (χ0v) is 24.8. The van der Waals surface area contributed by atoms with E-state index >= 15 is 0 Å². The lowest BCUT2D eigenvalue weighted by Crippen LogP contribution is -2.48. The lowest BCUT2D eigenvalue weighted by Gasteiger charge is -2.44. The van der Waals surface area contributed by atoms with Crippen LogP contribution in [0.3, 0.4) is 0 Å². The lowest BCUT2D eigenvalue weighted by molar-refractivity contribution is -0.274. The standard InChI is InChI=1S/C27H27F9N6O2S/c1-4-18-12-22(20-13-19(44-27(34,35)36)5-6-21(20)42(18)23(43)7-8-45-3)41(24-37-39-40(2)38-24)14-15-9-16(25(28,29)30)11-17(10-15)26(31,32)33/h5-6,9-11,13,18,22H,4,7-8,12,14H2,1-3H3. The van der Waals surface area contributed by atoms with Crippen LogP contribution in [0.4, 0.5) is 51.1 Å². The number of tetrazole rings is 1. The Labute approximate surface area is 255 Å². The highest BCUT2D eigenvalue weighted by Gasteiger charge is 2.41. The molecule has 2 atom stereocenters. The summed E-state index contributed by atoms with van der Waals surface area (Å²) in [6, 6.07) is 2.89. The van der Waals surface area contributed by atoms with Gasteiger partial charge >= 0.3 is 18.7 Å². The number of aromatic nitrogens is 4. The first kappa shape index (κ1) is 34.2. The molecule has 0 aliphatic carbocycles. The minimum Gasteiger partial charge on any atom is -0.406 e. The summed E-state index contributed by atoms with van der Waals surface area (Å²) in [4.78, 5) is 17.1. The summed E-state index contributed by atoms with van der Waals surface area (Å²) in [5, 5.41) is 11.8. The van der Waals surface area contributed by atoms with Crippen molar-refractivity contribution in [1.82, 2.24) is 20.2 Å². The molecule has 0 saturated heterocycles. The highest BCUT2D eigenvalue weighted by Crippen LogP contribution is 2.46. The molecular weight excluding hydrogens is 643 g/mol. The number of halogens is 9. The molecule has 1 amide bonds. The minimum absolute atomic E-state index is 0.00370. The predicted octanol–water partition coefficient (Wildman–Crippen LogP) is 7.16. The van der Waals surface area contributed by atoms with Crippen molar-refractivity contribution in [3.05, 3.63) is 58.7 Å². The van der Waals surface area contributed by atoms with Gasteiger partial charge in [-0.1, -0.05) is 12.0 Å². The number of nitrogens with zero attached hydrogens (tertiary/aromatic N) is 6. The highest BCUT2D eigenvalue weighted by atomic mass is 32.2. The van der Waals surface area contributed by atoms with Gasteiger partial charge in [0.15, 0.2) is 0 Å². The smallest absolute Gasteiger partial charge is 0.406 e. The lowest BCUT2D eigenvalue weighted by atomic mass is 9.88. The average molecular weight is 671 g/mol. The van der Waals surface area contributed by atoms with E-state index in [1.807, 2.05) is 0 Å². The molecule has 3 aromatic rings. The summed E-state index contributed by atoms with van der Waals surface area (Å²) in [6.07, 6.45) is -13.0. The molecule has 2 aromatic carbocycles. The largest absolute Gasteiger partial charge is 0.573 e. The van der Waals surface area contributed by atoms with Gasteiger partial charge in [0.1, 0.15) is 5.75 Å². The van der Waals surface area contributed by atoms with E-state index in [0.717, 1.165) is 16.9 Å². The number of carbonyl (C=O) groups is 1. The zero-order valence-electron chi connectivity index (χ0n) is 24.0. The maximum absolute atomic E-state index is 13.7. The van der Waals surface area contributed by atoms with Crippen molar-refractivity contribution in [2.24, 2.45) is 7.05 Å². The Bertz CT molecular complexity index is 1480. The van der Waals surface area contributed by atoms with Gasteiger partial charge in [0.25, 0.3) is 5.95 Å². The molecule has 8 nitrogen and oxygen atoms in total. The van der Waals surface area contributed by atoms with Crippen LogP contribution in [0.5, 0.6) is 5.75 Å². The normalized spacial score (nSPS) is 17.3.